The minimum Gasteiger partial charge on any atom is -0.179 e. The van der Waals surface area contributed by atoms with E-state index in [1.54, 1.807) is 0 Å². The molecule has 4 aromatic rings. The average molecular weight is 567 g/mol. The van der Waals surface area contributed by atoms with Crippen LogP contribution in [0.4, 0.5) is 0 Å². The van der Waals surface area contributed by atoms with E-state index in [0.717, 1.165) is 12.8 Å². The van der Waals surface area contributed by atoms with E-state index in [2.05, 4.69) is 98.0 Å². The SMILES string of the molecule is C[Si](C)=[Hf+2].[c-]1cccc2c1Cc1ccccc1-2.[c-]1cccc2c1Cc1ccccc1-2. The van der Waals surface area contributed by atoms with Gasteiger partial charge in [0.2, 0.25) is 0 Å². The molecule has 6 rings (SSSR count). The Balaban J connectivity index is 0.000000124. The quantitative estimate of drug-likeness (QED) is 0.139. The van der Waals surface area contributed by atoms with Crippen molar-refractivity contribution in [3.8, 4) is 22.3 Å². The fraction of sp³-hybridized carbons (Fsp3) is 0.143. The molecule has 0 bridgehead atoms. The van der Waals surface area contributed by atoms with Gasteiger partial charge in [-0.15, -0.1) is 11.1 Å². The standard InChI is InChI=1S/2C13H9.C2H6Si.Hf/c2*1-3-7-12-10(5-1)9-11-6-2-4-8-13(11)12;1-3-2;/h2*1-5,7-8H,9H2;1-2H3;/q2*-1;;+2. The maximum Gasteiger partial charge on any atom is -0.0253 e. The topological polar surface area (TPSA) is 0 Å². The van der Waals surface area contributed by atoms with Gasteiger partial charge in [0.05, 0.1) is 0 Å². The van der Waals surface area contributed by atoms with Crippen molar-refractivity contribution in [2.75, 3.05) is 0 Å². The van der Waals surface area contributed by atoms with Crippen molar-refractivity contribution in [3.63, 3.8) is 0 Å². The Bertz CT molecular complexity index is 1010. The second-order valence-electron chi connectivity index (χ2n) is 7.79. The first-order valence-corrected chi connectivity index (χ1v) is 18.2. The van der Waals surface area contributed by atoms with Gasteiger partial charge in [0.25, 0.3) is 0 Å². The number of rotatable bonds is 0. The first kappa shape index (κ1) is 21.2. The van der Waals surface area contributed by atoms with Crippen LogP contribution in [0.1, 0.15) is 22.3 Å². The fourth-order valence-corrected chi connectivity index (χ4v) is 4.00. The van der Waals surface area contributed by atoms with Crippen LogP contribution >= 0.6 is 0 Å². The molecule has 0 nitrogen and oxygen atoms in total. The molecule has 0 fully saturated rings. The Labute approximate surface area is 195 Å². The summed E-state index contributed by atoms with van der Waals surface area (Å²) in [4.78, 5) is 0. The van der Waals surface area contributed by atoms with E-state index < -0.39 is 0 Å². The molecule has 0 unspecified atom stereocenters. The van der Waals surface area contributed by atoms with Gasteiger partial charge >= 0.3 is 41.6 Å². The molecular formula is C28H24HfSi. The monoisotopic (exact) mass is 568 g/mol. The van der Waals surface area contributed by atoms with Crippen LogP contribution < -0.4 is 0 Å². The van der Waals surface area contributed by atoms with Crippen LogP contribution in [-0.4, -0.2) is 5.49 Å². The summed E-state index contributed by atoms with van der Waals surface area (Å²) in [5, 5.41) is 0. The summed E-state index contributed by atoms with van der Waals surface area (Å²) >= 11 is 1.45. The van der Waals surface area contributed by atoms with Crippen molar-refractivity contribution in [2.24, 2.45) is 0 Å². The number of hydrogen-bond acceptors (Lipinski definition) is 0. The molecule has 0 spiro atoms. The Morgan fingerprint density at radius 3 is 1.40 bits per heavy atom. The van der Waals surface area contributed by atoms with E-state index in [1.807, 2.05) is 12.1 Å². The van der Waals surface area contributed by atoms with Gasteiger partial charge in [-0.3, -0.25) is 0 Å². The van der Waals surface area contributed by atoms with Crippen molar-refractivity contribution in [2.45, 2.75) is 25.9 Å². The maximum absolute atomic E-state index is 3.30. The third-order valence-corrected chi connectivity index (χ3v) is 5.23. The summed E-state index contributed by atoms with van der Waals surface area (Å²) in [6.07, 6.45) is 2.10. The number of benzene rings is 4. The van der Waals surface area contributed by atoms with E-state index in [1.165, 1.54) is 67.5 Å². The third-order valence-electron chi connectivity index (χ3n) is 5.23. The molecule has 0 N–H and O–H groups in total. The van der Waals surface area contributed by atoms with Gasteiger partial charge in [-0.05, 0) is 12.8 Å². The van der Waals surface area contributed by atoms with Crippen molar-refractivity contribution in [1.29, 1.82) is 0 Å². The van der Waals surface area contributed by atoms with Gasteiger partial charge in [-0.1, -0.05) is 70.8 Å². The second kappa shape index (κ2) is 9.85. The minimum absolute atomic E-state index is 0.259. The number of hydrogen-bond donors (Lipinski definition) is 0. The van der Waals surface area contributed by atoms with E-state index in [9.17, 15) is 0 Å². The predicted molar refractivity (Wildman–Crippen MR) is 125 cm³/mol. The zero-order chi connectivity index (χ0) is 20.9. The van der Waals surface area contributed by atoms with Crippen LogP contribution in [0.5, 0.6) is 0 Å². The van der Waals surface area contributed by atoms with E-state index in [4.69, 9.17) is 0 Å². The van der Waals surface area contributed by atoms with Crippen LogP contribution in [0.3, 0.4) is 0 Å². The van der Waals surface area contributed by atoms with Gasteiger partial charge in [-0.2, -0.15) is 59.7 Å². The van der Waals surface area contributed by atoms with Crippen LogP contribution in [0.25, 0.3) is 22.3 Å². The predicted octanol–water partition coefficient (Wildman–Crippen LogP) is 6.90. The number of fused-ring (bicyclic) bond motifs is 6. The van der Waals surface area contributed by atoms with Crippen molar-refractivity contribution in [3.05, 3.63) is 119 Å². The van der Waals surface area contributed by atoms with E-state index in [0.29, 0.717) is 0 Å². The van der Waals surface area contributed by atoms with Crippen molar-refractivity contribution in [1.82, 2.24) is 0 Å². The molecule has 30 heavy (non-hydrogen) atoms. The molecule has 0 aliphatic heterocycles. The Hall–Kier alpha value is -2.03. The van der Waals surface area contributed by atoms with Gasteiger partial charge in [-0.25, -0.2) is 0 Å². The maximum atomic E-state index is 3.30. The molecule has 144 valence electrons. The van der Waals surface area contributed by atoms with E-state index in [-0.39, 0.29) is 5.49 Å². The summed E-state index contributed by atoms with van der Waals surface area (Å²) in [6.45, 7) is 4.66. The summed E-state index contributed by atoms with van der Waals surface area (Å²) in [5.41, 5.74) is 11.3. The third kappa shape index (κ3) is 4.82. The largest absolute Gasteiger partial charge is 0.179 e. The molecule has 0 radical (unpaired) electrons. The molecule has 2 aliphatic carbocycles. The second-order valence-corrected chi connectivity index (χ2v) is 20.6. The molecule has 4 aromatic carbocycles. The molecule has 2 heteroatoms. The summed E-state index contributed by atoms with van der Waals surface area (Å²) in [6, 6.07) is 36.2. The first-order valence-electron chi connectivity index (χ1n) is 10.3. The van der Waals surface area contributed by atoms with Crippen LogP contribution in [0, 0.1) is 12.1 Å². The van der Waals surface area contributed by atoms with Crippen LogP contribution in [0.2, 0.25) is 13.1 Å². The molecule has 0 saturated carbocycles. The molecule has 0 atom stereocenters. The van der Waals surface area contributed by atoms with Gasteiger partial charge < -0.3 is 0 Å². The summed E-state index contributed by atoms with van der Waals surface area (Å²) < 4.78 is 0. The van der Waals surface area contributed by atoms with Gasteiger partial charge in [0.15, 0.2) is 0 Å². The van der Waals surface area contributed by atoms with Gasteiger partial charge in [0.1, 0.15) is 0 Å². The Morgan fingerprint density at radius 1 is 0.600 bits per heavy atom. The Kier molecular flexibility index (Phi) is 6.96. The van der Waals surface area contributed by atoms with Crippen molar-refractivity contribution >= 4 is 5.49 Å². The van der Waals surface area contributed by atoms with Crippen LogP contribution in [0.15, 0.2) is 84.9 Å². The van der Waals surface area contributed by atoms with E-state index >= 15 is 0 Å². The summed E-state index contributed by atoms with van der Waals surface area (Å²) in [5.74, 6) is 0. The first-order chi connectivity index (χ1) is 14.6. The molecule has 0 amide bonds. The molecule has 0 heterocycles. The minimum atomic E-state index is 0.259. The zero-order valence-electron chi connectivity index (χ0n) is 17.5. The summed E-state index contributed by atoms with van der Waals surface area (Å²) in [7, 11) is 0. The van der Waals surface area contributed by atoms with Crippen LogP contribution in [-0.2, 0) is 35.8 Å². The normalized spacial score (nSPS) is 11.6. The zero-order valence-corrected chi connectivity index (χ0v) is 22.1. The molecule has 0 aromatic heterocycles. The van der Waals surface area contributed by atoms with Gasteiger partial charge in [0, 0.05) is 0 Å². The Morgan fingerprint density at radius 2 is 0.967 bits per heavy atom. The molecule has 0 saturated heterocycles. The molecular weight excluding hydrogens is 543 g/mol. The van der Waals surface area contributed by atoms with Crippen molar-refractivity contribution < 1.29 is 23.0 Å². The fourth-order valence-electron chi connectivity index (χ4n) is 4.00. The molecule has 2 aliphatic rings. The smallest absolute Gasteiger partial charge is 0.0253 e. The average Bonchev–Trinajstić information content (AvgIpc) is 3.32.